The summed E-state index contributed by atoms with van der Waals surface area (Å²) in [4.78, 5) is 0. The van der Waals surface area contributed by atoms with E-state index in [-0.39, 0.29) is 0 Å². The molecule has 0 amide bonds. The number of allylic oxidation sites excluding steroid dienone is 8. The second-order valence-corrected chi connectivity index (χ2v) is 15.2. The Bertz CT molecular complexity index is 2280. The predicted octanol–water partition coefficient (Wildman–Crippen LogP) is 23.6. The van der Waals surface area contributed by atoms with Gasteiger partial charge in [-0.05, 0) is 139 Å². The predicted molar refractivity (Wildman–Crippen MR) is 327 cm³/mol. The monoisotopic (exact) mass is 943 g/mol. The molecule has 0 nitrogen and oxygen atoms in total. The van der Waals surface area contributed by atoms with Crippen molar-refractivity contribution < 1.29 is 0 Å². The number of aryl methyl sites for hydroxylation is 2. The number of rotatable bonds is 6. The van der Waals surface area contributed by atoms with E-state index in [0.29, 0.717) is 5.92 Å². The highest BCUT2D eigenvalue weighted by atomic mass is 14.2. The van der Waals surface area contributed by atoms with E-state index < -0.39 is 0 Å². The van der Waals surface area contributed by atoms with Crippen molar-refractivity contribution in [3.63, 3.8) is 0 Å². The third-order valence-electron chi connectivity index (χ3n) is 11.0. The molecule has 2 aliphatic carbocycles. The zero-order chi connectivity index (χ0) is 53.9. The smallest absolute Gasteiger partial charge is 0.00856 e. The van der Waals surface area contributed by atoms with Crippen LogP contribution in [-0.2, 0) is 0 Å². The third-order valence-corrected chi connectivity index (χ3v) is 11.0. The minimum absolute atomic E-state index is 0.642. The van der Waals surface area contributed by atoms with Crippen molar-refractivity contribution in [2.75, 3.05) is 0 Å². The van der Waals surface area contributed by atoms with Gasteiger partial charge in [-0.25, -0.2) is 0 Å². The summed E-state index contributed by atoms with van der Waals surface area (Å²) < 4.78 is 0. The first-order valence-corrected chi connectivity index (χ1v) is 27.3. The first kappa shape index (κ1) is 68.5. The molecule has 0 heteroatoms. The molecule has 6 aromatic rings. The van der Waals surface area contributed by atoms with E-state index >= 15 is 0 Å². The second kappa shape index (κ2) is 44.5. The Labute approximate surface area is 434 Å². The van der Waals surface area contributed by atoms with Crippen molar-refractivity contribution in [2.24, 2.45) is 0 Å². The number of hydrogen-bond donors (Lipinski definition) is 0. The molecule has 0 fully saturated rings. The molecule has 382 valence electrons. The lowest BCUT2D eigenvalue weighted by Crippen LogP contribution is -1.96. The fourth-order valence-electron chi connectivity index (χ4n) is 7.07. The molecular formula is C70H102. The Morgan fingerprint density at radius 2 is 0.871 bits per heavy atom. The summed E-state index contributed by atoms with van der Waals surface area (Å²) in [5, 5.41) is 0. The zero-order valence-electron chi connectivity index (χ0n) is 48.9. The standard InChI is InChI=1S/C21H22.C16H18.C13H12.C6H8.7C2H6/c1-14-8-5-6-10-18(14)20-12-13-21(17(4)16(20)3)19-11-7-9-15(19)2;1-3-13(2)15-10-7-11-16(12-15)14-8-5-4-6-9-14;1-11-7-9-13(10-8-11)12-5-3-2-4-6-12;1-6-4-2-3-5-6;7*1-2/h5-10,12-13H,11H2,1-4H3;4-13H,3H2,1-2H3;2-10H,1H3;2-4H,5H2,1H3;7*1-2H3. The summed E-state index contributed by atoms with van der Waals surface area (Å²) in [6.07, 6.45) is 14.3. The topological polar surface area (TPSA) is 0 Å². The summed E-state index contributed by atoms with van der Waals surface area (Å²) in [5.41, 5.74) is 20.5. The maximum absolute atomic E-state index is 2.31. The molecule has 0 N–H and O–H groups in total. The van der Waals surface area contributed by atoms with Gasteiger partial charge in [0.05, 0.1) is 0 Å². The molecule has 8 rings (SSSR count). The third kappa shape index (κ3) is 24.7. The van der Waals surface area contributed by atoms with E-state index in [1.807, 2.05) is 103 Å². The van der Waals surface area contributed by atoms with Crippen molar-refractivity contribution in [3.8, 4) is 33.4 Å². The Morgan fingerprint density at radius 1 is 0.414 bits per heavy atom. The highest BCUT2D eigenvalue weighted by molar-refractivity contribution is 5.81. The molecule has 6 aromatic carbocycles. The van der Waals surface area contributed by atoms with E-state index in [1.54, 1.807) is 0 Å². The molecule has 0 heterocycles. The van der Waals surface area contributed by atoms with E-state index in [2.05, 4.69) is 225 Å². The minimum Gasteiger partial charge on any atom is -0.0805 e. The van der Waals surface area contributed by atoms with Gasteiger partial charge in [-0.15, -0.1) is 0 Å². The highest BCUT2D eigenvalue weighted by Crippen LogP contribution is 2.36. The molecule has 0 saturated heterocycles. The fraction of sp³-hybridized carbons (Fsp3) is 0.371. The van der Waals surface area contributed by atoms with Crippen LogP contribution in [0, 0.1) is 27.7 Å². The molecule has 70 heavy (non-hydrogen) atoms. The van der Waals surface area contributed by atoms with Crippen LogP contribution in [0.4, 0.5) is 0 Å². The van der Waals surface area contributed by atoms with Crippen LogP contribution in [-0.4, -0.2) is 0 Å². The van der Waals surface area contributed by atoms with E-state index in [0.717, 1.165) is 6.42 Å². The summed E-state index contributed by atoms with van der Waals surface area (Å²) in [6.45, 7) is 45.7. The molecule has 1 unspecified atom stereocenters. The summed E-state index contributed by atoms with van der Waals surface area (Å²) in [5.74, 6) is 0.642. The summed E-state index contributed by atoms with van der Waals surface area (Å²) in [6, 6.07) is 51.7. The van der Waals surface area contributed by atoms with Crippen LogP contribution in [0.25, 0.3) is 39.0 Å². The van der Waals surface area contributed by atoms with Gasteiger partial charge < -0.3 is 0 Å². The van der Waals surface area contributed by atoms with Gasteiger partial charge in [-0.1, -0.05) is 298 Å². The summed E-state index contributed by atoms with van der Waals surface area (Å²) >= 11 is 0. The van der Waals surface area contributed by atoms with Gasteiger partial charge in [0.25, 0.3) is 0 Å². The Balaban J connectivity index is -0.000000822. The van der Waals surface area contributed by atoms with E-state index in [9.17, 15) is 0 Å². The van der Waals surface area contributed by atoms with E-state index in [1.165, 1.54) is 96.3 Å². The van der Waals surface area contributed by atoms with Crippen LogP contribution in [0.15, 0.2) is 187 Å². The van der Waals surface area contributed by atoms with Gasteiger partial charge in [0.1, 0.15) is 0 Å². The maximum Gasteiger partial charge on any atom is -0.00856 e. The zero-order valence-corrected chi connectivity index (χ0v) is 48.9. The van der Waals surface area contributed by atoms with Crippen LogP contribution in [0.5, 0.6) is 0 Å². The second-order valence-electron chi connectivity index (χ2n) is 15.2. The molecular weight excluding hydrogens is 841 g/mol. The van der Waals surface area contributed by atoms with Crippen molar-refractivity contribution in [3.05, 3.63) is 220 Å². The van der Waals surface area contributed by atoms with Crippen LogP contribution in [0.1, 0.15) is 183 Å². The van der Waals surface area contributed by atoms with Crippen molar-refractivity contribution >= 4 is 5.57 Å². The first-order chi connectivity index (χ1) is 34.2. The van der Waals surface area contributed by atoms with Crippen molar-refractivity contribution in [1.82, 2.24) is 0 Å². The quantitative estimate of drug-likeness (QED) is 0.156. The molecule has 0 spiro atoms. The number of benzene rings is 6. The van der Waals surface area contributed by atoms with Crippen molar-refractivity contribution in [1.29, 1.82) is 0 Å². The van der Waals surface area contributed by atoms with Gasteiger partial charge in [0, 0.05) is 0 Å². The Morgan fingerprint density at radius 3 is 1.31 bits per heavy atom. The molecule has 0 aromatic heterocycles. The minimum atomic E-state index is 0.642. The first-order valence-electron chi connectivity index (χ1n) is 27.3. The molecule has 0 saturated carbocycles. The van der Waals surface area contributed by atoms with Crippen LogP contribution in [0.2, 0.25) is 0 Å². The molecule has 1 atom stereocenters. The van der Waals surface area contributed by atoms with Crippen LogP contribution >= 0.6 is 0 Å². The SMILES string of the molecule is CC.CC.CC.CC.CC.CC.CC.CC1=C(c2ccc(-c3ccccc3C)c(C)c2C)CC=C1.CC1=CC=CC1.CCC(C)c1cccc(-c2ccccc2)c1.Cc1ccc(-c2ccccc2)cc1. The van der Waals surface area contributed by atoms with Gasteiger partial charge in [-0.2, -0.15) is 0 Å². The van der Waals surface area contributed by atoms with Crippen LogP contribution in [0.3, 0.4) is 0 Å². The average molecular weight is 944 g/mol. The maximum atomic E-state index is 2.31. The fourth-order valence-corrected chi connectivity index (χ4v) is 7.07. The van der Waals surface area contributed by atoms with Gasteiger partial charge in [0.15, 0.2) is 0 Å². The lowest BCUT2D eigenvalue weighted by atomic mass is 9.88. The Kier molecular flexibility index (Phi) is 43.6. The molecule has 0 bridgehead atoms. The largest absolute Gasteiger partial charge is 0.0805 e. The molecule has 2 aliphatic rings. The average Bonchev–Trinajstić information content (AvgIpc) is 4.12. The van der Waals surface area contributed by atoms with Crippen molar-refractivity contribution in [2.45, 2.75) is 178 Å². The highest BCUT2D eigenvalue weighted by Gasteiger charge is 2.15. The molecule has 0 aliphatic heterocycles. The summed E-state index contributed by atoms with van der Waals surface area (Å²) in [7, 11) is 0. The molecule has 0 radical (unpaired) electrons. The Hall–Kier alpha value is -5.72. The lowest BCUT2D eigenvalue weighted by Gasteiger charge is -2.16. The van der Waals surface area contributed by atoms with Crippen LogP contribution < -0.4 is 0 Å². The van der Waals surface area contributed by atoms with Gasteiger partial charge >= 0.3 is 0 Å². The lowest BCUT2D eigenvalue weighted by molar-refractivity contribution is 0.734. The van der Waals surface area contributed by atoms with Gasteiger partial charge in [-0.3, -0.25) is 0 Å². The van der Waals surface area contributed by atoms with E-state index in [4.69, 9.17) is 0 Å². The van der Waals surface area contributed by atoms with Gasteiger partial charge in [0.2, 0.25) is 0 Å². The normalized spacial score (nSPS) is 11.1. The number of hydrogen-bond acceptors (Lipinski definition) is 0.